The standard InChI is InChI=1S/C36H32N8O4S/c1-43(2)18-7-12-34(45)41-28-15-13-25(14-16-28)36(46)42-30-9-6-8-29(21-30)40-33-22-32(38-24-39-33)27-20-26-17-19-44(35(26)37-23-27)49(47,48)31-10-4-3-5-11-31/h3-17,19-24H,18H2,1-2H3,(H,41,45)(H,42,46)(H,38,39,40)/b12-7+. The van der Waals surface area contributed by atoms with E-state index in [2.05, 4.69) is 30.9 Å². The summed E-state index contributed by atoms with van der Waals surface area (Å²) in [6.45, 7) is 0.654. The molecular formula is C36H32N8O4S. The van der Waals surface area contributed by atoms with Gasteiger partial charge in [-0.1, -0.05) is 30.3 Å². The van der Waals surface area contributed by atoms with E-state index >= 15 is 0 Å². The van der Waals surface area contributed by atoms with E-state index in [9.17, 15) is 18.0 Å². The van der Waals surface area contributed by atoms with Gasteiger partial charge in [0.05, 0.1) is 10.6 Å². The molecule has 49 heavy (non-hydrogen) atoms. The van der Waals surface area contributed by atoms with Crippen molar-refractivity contribution in [1.29, 1.82) is 0 Å². The van der Waals surface area contributed by atoms with Crippen LogP contribution in [-0.4, -0.2) is 64.7 Å². The van der Waals surface area contributed by atoms with Gasteiger partial charge in [-0.25, -0.2) is 27.3 Å². The number of carbonyl (C=O) groups excluding carboxylic acids is 2. The highest BCUT2D eigenvalue weighted by molar-refractivity contribution is 7.90. The topological polar surface area (TPSA) is 151 Å². The molecule has 13 heteroatoms. The molecule has 0 saturated carbocycles. The van der Waals surface area contributed by atoms with Crippen molar-refractivity contribution in [3.8, 4) is 11.3 Å². The lowest BCUT2D eigenvalue weighted by Gasteiger charge is -2.11. The van der Waals surface area contributed by atoms with Gasteiger partial charge in [0.25, 0.3) is 15.9 Å². The molecular weight excluding hydrogens is 641 g/mol. The fourth-order valence-corrected chi connectivity index (χ4v) is 6.24. The molecule has 0 aliphatic heterocycles. The summed E-state index contributed by atoms with van der Waals surface area (Å²) in [4.78, 5) is 40.4. The minimum Gasteiger partial charge on any atom is -0.340 e. The van der Waals surface area contributed by atoms with Crippen LogP contribution in [0.1, 0.15) is 10.4 Å². The van der Waals surface area contributed by atoms with E-state index in [1.54, 1.807) is 97.2 Å². The van der Waals surface area contributed by atoms with Gasteiger partial charge in [0.2, 0.25) is 5.91 Å². The predicted molar refractivity (Wildman–Crippen MR) is 190 cm³/mol. The lowest BCUT2D eigenvalue weighted by Crippen LogP contribution is -2.13. The minimum absolute atomic E-state index is 0.175. The Morgan fingerprint density at radius 1 is 0.816 bits per heavy atom. The van der Waals surface area contributed by atoms with Crippen molar-refractivity contribution in [2.75, 3.05) is 36.6 Å². The molecule has 0 fully saturated rings. The third-order valence-electron chi connectivity index (χ3n) is 7.30. The highest BCUT2D eigenvalue weighted by atomic mass is 32.2. The van der Waals surface area contributed by atoms with Crippen molar-refractivity contribution in [2.45, 2.75) is 4.90 Å². The van der Waals surface area contributed by atoms with E-state index in [1.807, 2.05) is 31.1 Å². The van der Waals surface area contributed by atoms with Crippen LogP contribution in [0.15, 0.2) is 133 Å². The first-order valence-corrected chi connectivity index (χ1v) is 16.6. The molecule has 2 amide bonds. The number of aromatic nitrogens is 4. The molecule has 0 saturated heterocycles. The van der Waals surface area contributed by atoms with Crippen LogP contribution in [0, 0.1) is 0 Å². The summed E-state index contributed by atoms with van der Waals surface area (Å²) in [5, 5.41) is 9.55. The molecule has 0 aliphatic rings. The number of hydrogen-bond acceptors (Lipinski definition) is 9. The Hall–Kier alpha value is -6.18. The van der Waals surface area contributed by atoms with Gasteiger partial charge in [0.1, 0.15) is 12.1 Å². The zero-order valence-electron chi connectivity index (χ0n) is 26.6. The number of benzene rings is 3. The number of nitrogens with zero attached hydrogens (tertiary/aromatic N) is 5. The first-order valence-electron chi connectivity index (χ1n) is 15.2. The highest BCUT2D eigenvalue weighted by Crippen LogP contribution is 2.27. The number of amides is 2. The maximum atomic E-state index is 13.2. The molecule has 0 unspecified atom stereocenters. The molecule has 6 rings (SSSR count). The fraction of sp³-hybridized carbons (Fsp3) is 0.0833. The minimum atomic E-state index is -3.80. The van der Waals surface area contributed by atoms with E-state index < -0.39 is 10.0 Å². The summed E-state index contributed by atoms with van der Waals surface area (Å²) in [6.07, 6.45) is 7.73. The number of hydrogen-bond donors (Lipinski definition) is 3. The highest BCUT2D eigenvalue weighted by Gasteiger charge is 2.20. The smallest absolute Gasteiger partial charge is 0.269 e. The number of anilines is 4. The first kappa shape index (κ1) is 32.7. The fourth-order valence-electron chi connectivity index (χ4n) is 4.91. The van der Waals surface area contributed by atoms with Crippen LogP contribution in [0.2, 0.25) is 0 Å². The second-order valence-electron chi connectivity index (χ2n) is 11.2. The number of pyridine rings is 1. The molecule has 6 aromatic rings. The van der Waals surface area contributed by atoms with Crippen molar-refractivity contribution in [1.82, 2.24) is 23.8 Å². The Labute approximate surface area is 283 Å². The average molecular weight is 673 g/mol. The number of nitrogens with one attached hydrogen (secondary N) is 3. The first-order chi connectivity index (χ1) is 23.7. The third-order valence-corrected chi connectivity index (χ3v) is 8.98. The van der Waals surface area contributed by atoms with Gasteiger partial charge < -0.3 is 20.9 Å². The average Bonchev–Trinajstić information content (AvgIpc) is 3.54. The maximum Gasteiger partial charge on any atom is 0.269 e. The van der Waals surface area contributed by atoms with Crippen LogP contribution in [0.3, 0.4) is 0 Å². The summed E-state index contributed by atoms with van der Waals surface area (Å²) in [5.74, 6) is -0.0470. The summed E-state index contributed by atoms with van der Waals surface area (Å²) in [7, 11) is 0.0303. The summed E-state index contributed by atoms with van der Waals surface area (Å²) in [6, 6.07) is 27.3. The van der Waals surface area contributed by atoms with Crippen LogP contribution < -0.4 is 16.0 Å². The molecule has 3 N–H and O–H groups in total. The Morgan fingerprint density at radius 3 is 2.37 bits per heavy atom. The van der Waals surface area contributed by atoms with Crippen LogP contribution in [0.25, 0.3) is 22.3 Å². The SMILES string of the molecule is CN(C)C/C=C/C(=O)Nc1ccc(C(=O)Nc2cccc(Nc3cc(-c4cnc5c(ccn5S(=O)(=O)c5ccccc5)c4)ncn3)c2)cc1. The second-order valence-corrected chi connectivity index (χ2v) is 13.1. The summed E-state index contributed by atoms with van der Waals surface area (Å²) in [5.41, 5.74) is 3.83. The van der Waals surface area contributed by atoms with Crippen LogP contribution >= 0.6 is 0 Å². The molecule has 12 nitrogen and oxygen atoms in total. The van der Waals surface area contributed by atoms with Crippen LogP contribution in [-0.2, 0) is 14.8 Å². The number of fused-ring (bicyclic) bond motifs is 1. The van der Waals surface area contributed by atoms with Crippen molar-refractivity contribution in [3.05, 3.63) is 133 Å². The molecule has 246 valence electrons. The van der Waals surface area contributed by atoms with E-state index in [1.165, 1.54) is 22.6 Å². The third kappa shape index (κ3) is 7.87. The lowest BCUT2D eigenvalue weighted by molar-refractivity contribution is -0.111. The zero-order valence-corrected chi connectivity index (χ0v) is 27.4. The van der Waals surface area contributed by atoms with Gasteiger partial charge in [0, 0.05) is 64.7 Å². The Morgan fingerprint density at radius 2 is 1.59 bits per heavy atom. The van der Waals surface area contributed by atoms with E-state index in [-0.39, 0.29) is 16.7 Å². The van der Waals surface area contributed by atoms with Crippen LogP contribution in [0.4, 0.5) is 22.9 Å². The van der Waals surface area contributed by atoms with E-state index in [0.717, 1.165) is 0 Å². The molecule has 3 aromatic carbocycles. The van der Waals surface area contributed by atoms with Crippen LogP contribution in [0.5, 0.6) is 0 Å². The molecule has 0 bridgehead atoms. The van der Waals surface area contributed by atoms with Crippen molar-refractivity contribution >= 4 is 55.8 Å². The van der Waals surface area contributed by atoms with Gasteiger partial charge in [-0.05, 0) is 80.8 Å². The Balaban J connectivity index is 1.11. The number of likely N-dealkylation sites (N-methyl/N-ethyl adjacent to an activating group) is 1. The van der Waals surface area contributed by atoms with Crippen molar-refractivity contribution < 1.29 is 18.0 Å². The molecule has 3 heterocycles. The quantitative estimate of drug-likeness (QED) is 0.146. The Kier molecular flexibility index (Phi) is 9.55. The van der Waals surface area contributed by atoms with Crippen molar-refractivity contribution in [3.63, 3.8) is 0 Å². The van der Waals surface area contributed by atoms with E-state index in [4.69, 9.17) is 0 Å². The van der Waals surface area contributed by atoms with Gasteiger partial charge in [-0.3, -0.25) is 9.59 Å². The second kappa shape index (κ2) is 14.3. The van der Waals surface area contributed by atoms with E-state index in [0.29, 0.717) is 57.3 Å². The number of rotatable bonds is 11. The van der Waals surface area contributed by atoms with Gasteiger partial charge in [-0.2, -0.15) is 0 Å². The predicted octanol–water partition coefficient (Wildman–Crippen LogP) is 5.78. The molecule has 0 atom stereocenters. The van der Waals surface area contributed by atoms with Gasteiger partial charge in [0.15, 0.2) is 5.65 Å². The molecule has 0 radical (unpaired) electrons. The summed E-state index contributed by atoms with van der Waals surface area (Å²) >= 11 is 0. The monoisotopic (exact) mass is 672 g/mol. The maximum absolute atomic E-state index is 13.2. The van der Waals surface area contributed by atoms with Crippen molar-refractivity contribution in [2.24, 2.45) is 0 Å². The normalized spacial score (nSPS) is 11.6. The zero-order chi connectivity index (χ0) is 34.4. The molecule has 3 aromatic heterocycles. The van der Waals surface area contributed by atoms with Gasteiger partial charge >= 0.3 is 0 Å². The summed E-state index contributed by atoms with van der Waals surface area (Å²) < 4.78 is 27.5. The van der Waals surface area contributed by atoms with Gasteiger partial charge in [-0.15, -0.1) is 0 Å². The molecule has 0 spiro atoms. The molecule has 0 aliphatic carbocycles. The Bertz CT molecular complexity index is 2270. The largest absolute Gasteiger partial charge is 0.340 e. The number of carbonyl (C=O) groups is 2. The lowest BCUT2D eigenvalue weighted by atomic mass is 10.1.